The fourth-order valence-electron chi connectivity index (χ4n) is 2.03. The fraction of sp³-hybridized carbons (Fsp3) is 0.333. The number of benzene rings is 1. The van der Waals surface area contributed by atoms with Gasteiger partial charge in [0.25, 0.3) is 0 Å². The zero-order chi connectivity index (χ0) is 13.7. The lowest BCUT2D eigenvalue weighted by atomic mass is 10.1. The summed E-state index contributed by atoms with van der Waals surface area (Å²) in [6.45, 7) is 1.47. The molecular formula is C15H19FN2O. The molecule has 2 rings (SSSR count). The lowest BCUT2D eigenvalue weighted by molar-refractivity contribution is 0.285. The van der Waals surface area contributed by atoms with Crippen LogP contribution in [0.5, 0.6) is 0 Å². The highest BCUT2D eigenvalue weighted by atomic mass is 19.1. The normalized spacial score (nSPS) is 12.8. The number of hydrogen-bond donors (Lipinski definition) is 1. The van der Waals surface area contributed by atoms with Crippen molar-refractivity contribution in [1.82, 2.24) is 10.2 Å². The van der Waals surface area contributed by atoms with E-state index >= 15 is 0 Å². The molecule has 0 radical (unpaired) electrons. The van der Waals surface area contributed by atoms with Crippen molar-refractivity contribution in [2.45, 2.75) is 12.6 Å². The number of furan rings is 1. The second-order valence-corrected chi connectivity index (χ2v) is 4.74. The summed E-state index contributed by atoms with van der Waals surface area (Å²) in [6, 6.07) is 10.7. The molecule has 0 saturated heterocycles. The lowest BCUT2D eigenvalue weighted by Gasteiger charge is -2.25. The Labute approximate surface area is 113 Å². The van der Waals surface area contributed by atoms with Crippen molar-refractivity contribution in [1.29, 1.82) is 0 Å². The number of hydrogen-bond acceptors (Lipinski definition) is 3. The largest absolute Gasteiger partial charge is 0.468 e. The maximum atomic E-state index is 12.9. The molecule has 1 atom stereocenters. The Morgan fingerprint density at radius 3 is 2.53 bits per heavy atom. The van der Waals surface area contributed by atoms with Crippen LogP contribution in [0.4, 0.5) is 4.39 Å². The number of nitrogens with zero attached hydrogens (tertiary/aromatic N) is 1. The first-order valence-electron chi connectivity index (χ1n) is 6.32. The highest BCUT2D eigenvalue weighted by Crippen LogP contribution is 2.17. The van der Waals surface area contributed by atoms with E-state index in [2.05, 4.69) is 10.2 Å². The molecule has 4 heteroatoms. The standard InChI is InChI=1S/C15H19FN2O/c1-18(2)15(12-5-7-13(16)8-6-12)11-17-10-14-4-3-9-19-14/h3-9,15,17H,10-11H2,1-2H3. The summed E-state index contributed by atoms with van der Waals surface area (Å²) < 4.78 is 18.2. The van der Waals surface area contributed by atoms with Gasteiger partial charge < -0.3 is 14.6 Å². The highest BCUT2D eigenvalue weighted by molar-refractivity contribution is 5.20. The molecular weight excluding hydrogens is 243 g/mol. The number of nitrogens with one attached hydrogen (secondary N) is 1. The van der Waals surface area contributed by atoms with Crippen molar-refractivity contribution in [2.75, 3.05) is 20.6 Å². The molecule has 0 aliphatic heterocycles. The van der Waals surface area contributed by atoms with E-state index in [9.17, 15) is 4.39 Å². The monoisotopic (exact) mass is 262 g/mol. The Balaban J connectivity index is 1.94. The van der Waals surface area contributed by atoms with Crippen LogP contribution in [0.25, 0.3) is 0 Å². The van der Waals surface area contributed by atoms with Gasteiger partial charge in [-0.1, -0.05) is 12.1 Å². The zero-order valence-corrected chi connectivity index (χ0v) is 11.3. The van der Waals surface area contributed by atoms with Gasteiger partial charge in [-0.25, -0.2) is 4.39 Å². The van der Waals surface area contributed by atoms with Gasteiger partial charge in [0, 0.05) is 12.6 Å². The predicted molar refractivity (Wildman–Crippen MR) is 73.2 cm³/mol. The van der Waals surface area contributed by atoms with Gasteiger partial charge in [-0.2, -0.15) is 0 Å². The molecule has 1 heterocycles. The summed E-state index contributed by atoms with van der Waals surface area (Å²) in [5, 5.41) is 3.35. The Morgan fingerprint density at radius 1 is 1.21 bits per heavy atom. The number of likely N-dealkylation sites (N-methyl/N-ethyl adjacent to an activating group) is 1. The van der Waals surface area contributed by atoms with Crippen LogP contribution in [0.15, 0.2) is 47.1 Å². The van der Waals surface area contributed by atoms with Gasteiger partial charge >= 0.3 is 0 Å². The lowest BCUT2D eigenvalue weighted by Crippen LogP contribution is -2.30. The molecule has 1 N–H and O–H groups in total. The van der Waals surface area contributed by atoms with Crippen LogP contribution >= 0.6 is 0 Å². The van der Waals surface area contributed by atoms with Crippen molar-refractivity contribution in [3.8, 4) is 0 Å². The van der Waals surface area contributed by atoms with Crippen molar-refractivity contribution < 1.29 is 8.81 Å². The smallest absolute Gasteiger partial charge is 0.123 e. The van der Waals surface area contributed by atoms with E-state index in [1.54, 1.807) is 6.26 Å². The van der Waals surface area contributed by atoms with Crippen LogP contribution in [-0.2, 0) is 6.54 Å². The van der Waals surface area contributed by atoms with E-state index in [-0.39, 0.29) is 11.9 Å². The van der Waals surface area contributed by atoms with Crippen LogP contribution < -0.4 is 5.32 Å². The van der Waals surface area contributed by atoms with E-state index in [1.165, 1.54) is 12.1 Å². The minimum Gasteiger partial charge on any atom is -0.468 e. The topological polar surface area (TPSA) is 28.4 Å². The second-order valence-electron chi connectivity index (χ2n) is 4.74. The summed E-state index contributed by atoms with van der Waals surface area (Å²) in [6.07, 6.45) is 1.67. The molecule has 3 nitrogen and oxygen atoms in total. The van der Waals surface area contributed by atoms with Gasteiger partial charge in [0.05, 0.1) is 12.8 Å². The van der Waals surface area contributed by atoms with Crippen LogP contribution in [-0.4, -0.2) is 25.5 Å². The first-order valence-corrected chi connectivity index (χ1v) is 6.32. The van der Waals surface area contributed by atoms with E-state index in [0.717, 1.165) is 17.9 Å². The van der Waals surface area contributed by atoms with Gasteiger partial charge in [0.1, 0.15) is 11.6 Å². The third-order valence-corrected chi connectivity index (χ3v) is 3.10. The van der Waals surface area contributed by atoms with Crippen LogP contribution in [0, 0.1) is 5.82 Å². The third kappa shape index (κ3) is 3.91. The van der Waals surface area contributed by atoms with E-state index in [4.69, 9.17) is 4.42 Å². The quantitative estimate of drug-likeness (QED) is 0.867. The van der Waals surface area contributed by atoms with Gasteiger partial charge in [-0.15, -0.1) is 0 Å². The average Bonchev–Trinajstić information content (AvgIpc) is 2.89. The molecule has 0 aliphatic carbocycles. The maximum Gasteiger partial charge on any atom is 0.123 e. The Morgan fingerprint density at radius 2 is 1.95 bits per heavy atom. The number of halogens is 1. The van der Waals surface area contributed by atoms with Crippen molar-refractivity contribution in [3.63, 3.8) is 0 Å². The molecule has 0 bridgehead atoms. The highest BCUT2D eigenvalue weighted by Gasteiger charge is 2.13. The van der Waals surface area contributed by atoms with Crippen LogP contribution in [0.3, 0.4) is 0 Å². The summed E-state index contributed by atoms with van der Waals surface area (Å²) >= 11 is 0. The Bertz CT molecular complexity index is 479. The average molecular weight is 262 g/mol. The molecule has 1 aromatic heterocycles. The minimum absolute atomic E-state index is 0.204. The molecule has 1 aromatic carbocycles. The zero-order valence-electron chi connectivity index (χ0n) is 11.3. The van der Waals surface area contributed by atoms with E-state index in [0.29, 0.717) is 6.54 Å². The van der Waals surface area contributed by atoms with Gasteiger partial charge in [-0.3, -0.25) is 0 Å². The molecule has 1 unspecified atom stereocenters. The first kappa shape index (κ1) is 13.8. The molecule has 0 fully saturated rings. The molecule has 2 aromatic rings. The van der Waals surface area contributed by atoms with Crippen molar-refractivity contribution >= 4 is 0 Å². The van der Waals surface area contributed by atoms with Gasteiger partial charge in [0.2, 0.25) is 0 Å². The van der Waals surface area contributed by atoms with Crippen molar-refractivity contribution in [3.05, 3.63) is 59.8 Å². The van der Waals surface area contributed by atoms with E-state index in [1.807, 2.05) is 38.4 Å². The van der Waals surface area contributed by atoms with Crippen LogP contribution in [0.2, 0.25) is 0 Å². The molecule has 102 valence electrons. The Hall–Kier alpha value is -1.65. The SMILES string of the molecule is CN(C)C(CNCc1ccco1)c1ccc(F)cc1. The molecule has 0 amide bonds. The summed E-state index contributed by atoms with van der Waals surface area (Å²) in [5.74, 6) is 0.710. The minimum atomic E-state index is -0.204. The first-order chi connectivity index (χ1) is 9.16. The predicted octanol–water partition coefficient (Wildman–Crippen LogP) is 2.81. The maximum absolute atomic E-state index is 12.9. The summed E-state index contributed by atoms with van der Waals surface area (Å²) in [7, 11) is 4.03. The van der Waals surface area contributed by atoms with Gasteiger partial charge in [0.15, 0.2) is 0 Å². The van der Waals surface area contributed by atoms with E-state index < -0.39 is 0 Å². The summed E-state index contributed by atoms with van der Waals surface area (Å²) in [5.41, 5.74) is 1.10. The van der Waals surface area contributed by atoms with Crippen molar-refractivity contribution in [2.24, 2.45) is 0 Å². The third-order valence-electron chi connectivity index (χ3n) is 3.10. The fourth-order valence-corrected chi connectivity index (χ4v) is 2.03. The molecule has 0 aliphatic rings. The molecule has 0 saturated carbocycles. The summed E-state index contributed by atoms with van der Waals surface area (Å²) in [4.78, 5) is 2.11. The van der Waals surface area contributed by atoms with Gasteiger partial charge in [-0.05, 0) is 43.9 Å². The number of rotatable bonds is 6. The molecule has 19 heavy (non-hydrogen) atoms. The second kappa shape index (κ2) is 6.50. The van der Waals surface area contributed by atoms with Crippen LogP contribution in [0.1, 0.15) is 17.4 Å². The molecule has 0 spiro atoms. The Kier molecular flexibility index (Phi) is 4.71.